The van der Waals surface area contributed by atoms with Crippen LogP contribution in [-0.2, 0) is 4.79 Å². The molecule has 6 heteroatoms. The average molecular weight is 215 g/mol. The number of non-ortho nitro benzene ring substituents is 1. The van der Waals surface area contributed by atoms with Crippen LogP contribution in [-0.4, -0.2) is 10.8 Å². The van der Waals surface area contributed by atoms with Gasteiger partial charge in [0.2, 0.25) is 5.91 Å². The molecule has 0 unspecified atom stereocenters. The fourth-order valence-electron chi connectivity index (χ4n) is 0.887. The summed E-state index contributed by atoms with van der Waals surface area (Å²) in [5, 5.41) is 10.3. The highest BCUT2D eigenvalue weighted by Crippen LogP contribution is 2.20. The van der Waals surface area contributed by atoms with E-state index < -0.39 is 4.92 Å². The number of amides is 1. The lowest BCUT2D eigenvalue weighted by Gasteiger charge is -2.09. The lowest BCUT2D eigenvalue weighted by Crippen LogP contribution is -2.16. The number of anilines is 1. The zero-order chi connectivity index (χ0) is 10.7. The minimum atomic E-state index is -0.518. The molecule has 0 fully saturated rings. The van der Waals surface area contributed by atoms with Gasteiger partial charge in [-0.25, -0.2) is 4.42 Å². The number of halogens is 1. The monoisotopic (exact) mass is 214 g/mol. The van der Waals surface area contributed by atoms with Crippen molar-refractivity contribution in [2.24, 2.45) is 0 Å². The highest BCUT2D eigenvalue weighted by Gasteiger charge is 2.10. The lowest BCUT2D eigenvalue weighted by molar-refractivity contribution is -0.384. The first-order valence-corrected chi connectivity index (χ1v) is 4.07. The van der Waals surface area contributed by atoms with E-state index in [1.54, 1.807) is 0 Å². The first kappa shape index (κ1) is 10.5. The Balaban J connectivity index is 2.94. The first-order valence-electron chi connectivity index (χ1n) is 3.73. The van der Waals surface area contributed by atoms with Gasteiger partial charge in [0.05, 0.1) is 10.6 Å². The van der Waals surface area contributed by atoms with Gasteiger partial charge in [-0.3, -0.25) is 14.9 Å². The van der Waals surface area contributed by atoms with Crippen LogP contribution in [0.4, 0.5) is 11.4 Å². The molecule has 1 aromatic rings. The van der Waals surface area contributed by atoms with Crippen molar-refractivity contribution in [1.29, 1.82) is 0 Å². The summed E-state index contributed by atoms with van der Waals surface area (Å²) in [7, 11) is 0. The molecule has 0 heterocycles. The molecule has 5 nitrogen and oxygen atoms in total. The number of carbonyl (C=O) groups is 1. The molecule has 0 aliphatic carbocycles. The van der Waals surface area contributed by atoms with Crippen molar-refractivity contribution in [1.82, 2.24) is 0 Å². The SMILES string of the molecule is CC(=O)N(Cl)c1ccc([N+](=O)[O-])cc1. The smallest absolute Gasteiger partial charge is 0.269 e. The standard InChI is InChI=1S/C8H7ClN2O3/c1-6(12)10(9)7-2-4-8(5-3-7)11(13)14/h2-5H,1H3. The van der Waals surface area contributed by atoms with Gasteiger partial charge in [0.25, 0.3) is 5.69 Å². The number of hydrogen-bond acceptors (Lipinski definition) is 3. The third-order valence-electron chi connectivity index (χ3n) is 1.56. The van der Waals surface area contributed by atoms with E-state index in [1.807, 2.05) is 0 Å². The Morgan fingerprint density at radius 2 is 1.93 bits per heavy atom. The van der Waals surface area contributed by atoms with E-state index in [0.29, 0.717) is 5.69 Å². The molecule has 0 atom stereocenters. The highest BCUT2D eigenvalue weighted by molar-refractivity contribution is 6.36. The van der Waals surface area contributed by atoms with Crippen LogP contribution in [0.5, 0.6) is 0 Å². The minimum absolute atomic E-state index is 0.0395. The molecule has 0 aliphatic rings. The van der Waals surface area contributed by atoms with Gasteiger partial charge in [-0.1, -0.05) is 0 Å². The van der Waals surface area contributed by atoms with Crippen molar-refractivity contribution >= 4 is 29.1 Å². The molecule has 0 saturated carbocycles. The van der Waals surface area contributed by atoms with Gasteiger partial charge in [0.15, 0.2) is 0 Å². The number of carbonyl (C=O) groups excluding carboxylic acids is 1. The molecule has 0 spiro atoms. The maximum Gasteiger partial charge on any atom is 0.269 e. The first-order chi connectivity index (χ1) is 6.52. The molecule has 0 aromatic heterocycles. The fraction of sp³-hybridized carbons (Fsp3) is 0.125. The third-order valence-corrected chi connectivity index (χ3v) is 2.00. The van der Waals surface area contributed by atoms with Gasteiger partial charge in [-0.2, -0.15) is 0 Å². The fourth-order valence-corrected chi connectivity index (χ4v) is 1.000. The van der Waals surface area contributed by atoms with Crippen LogP contribution < -0.4 is 4.42 Å². The van der Waals surface area contributed by atoms with Gasteiger partial charge in [-0.05, 0) is 12.1 Å². The quantitative estimate of drug-likeness (QED) is 0.430. The molecule has 0 saturated heterocycles. The van der Waals surface area contributed by atoms with Crippen LogP contribution in [0, 0.1) is 10.1 Å². The molecule has 0 bridgehead atoms. The summed E-state index contributed by atoms with van der Waals surface area (Å²) in [4.78, 5) is 20.6. The second-order valence-electron chi connectivity index (χ2n) is 2.57. The minimum Gasteiger partial charge on any atom is -0.274 e. The zero-order valence-corrected chi connectivity index (χ0v) is 8.06. The van der Waals surface area contributed by atoms with E-state index in [2.05, 4.69) is 0 Å². The third kappa shape index (κ3) is 2.20. The van der Waals surface area contributed by atoms with E-state index in [-0.39, 0.29) is 11.6 Å². The molecular formula is C8H7ClN2O3. The van der Waals surface area contributed by atoms with E-state index in [9.17, 15) is 14.9 Å². The second-order valence-corrected chi connectivity index (χ2v) is 2.91. The number of nitro groups is 1. The molecule has 74 valence electrons. The zero-order valence-electron chi connectivity index (χ0n) is 7.31. The van der Waals surface area contributed by atoms with Crippen molar-refractivity contribution in [2.45, 2.75) is 6.92 Å². The van der Waals surface area contributed by atoms with Crippen LogP contribution in [0.15, 0.2) is 24.3 Å². The Morgan fingerprint density at radius 3 is 2.29 bits per heavy atom. The summed E-state index contributed by atoms with van der Waals surface area (Å²) < 4.78 is 0.893. The number of nitrogens with zero attached hydrogens (tertiary/aromatic N) is 2. The maximum atomic E-state index is 10.8. The number of nitro benzene ring substituents is 1. The van der Waals surface area contributed by atoms with Crippen molar-refractivity contribution < 1.29 is 9.72 Å². The van der Waals surface area contributed by atoms with Crippen molar-refractivity contribution in [2.75, 3.05) is 4.42 Å². The van der Waals surface area contributed by atoms with E-state index in [4.69, 9.17) is 11.8 Å². The second kappa shape index (κ2) is 4.06. The van der Waals surface area contributed by atoms with Crippen LogP contribution in [0.2, 0.25) is 0 Å². The summed E-state index contributed by atoms with van der Waals surface area (Å²) in [6, 6.07) is 5.39. The Hall–Kier alpha value is -1.62. The summed E-state index contributed by atoms with van der Waals surface area (Å²) in [6.07, 6.45) is 0. The number of hydrogen-bond donors (Lipinski definition) is 0. The van der Waals surface area contributed by atoms with Crippen LogP contribution in [0.3, 0.4) is 0 Å². The Kier molecular flexibility index (Phi) is 3.03. The molecule has 0 N–H and O–H groups in total. The lowest BCUT2D eigenvalue weighted by atomic mass is 10.3. The molecule has 1 rings (SSSR count). The number of rotatable bonds is 2. The van der Waals surface area contributed by atoms with Gasteiger partial charge < -0.3 is 0 Å². The predicted octanol–water partition coefficient (Wildman–Crippen LogP) is 2.10. The molecule has 1 amide bonds. The van der Waals surface area contributed by atoms with Crippen molar-refractivity contribution in [3.05, 3.63) is 34.4 Å². The topological polar surface area (TPSA) is 63.5 Å². The summed E-state index contributed by atoms with van der Waals surface area (Å²) in [5.74, 6) is -0.347. The van der Waals surface area contributed by atoms with Crippen LogP contribution in [0.25, 0.3) is 0 Å². The highest BCUT2D eigenvalue weighted by atomic mass is 35.5. The van der Waals surface area contributed by atoms with Gasteiger partial charge in [0.1, 0.15) is 0 Å². The van der Waals surface area contributed by atoms with Crippen LogP contribution >= 0.6 is 11.8 Å². The maximum absolute atomic E-state index is 10.8. The van der Waals surface area contributed by atoms with Crippen molar-refractivity contribution in [3.63, 3.8) is 0 Å². The van der Waals surface area contributed by atoms with Crippen LogP contribution in [0.1, 0.15) is 6.92 Å². The molecule has 1 aromatic carbocycles. The largest absolute Gasteiger partial charge is 0.274 e. The molecule has 14 heavy (non-hydrogen) atoms. The molecule has 0 radical (unpaired) electrons. The van der Waals surface area contributed by atoms with Gasteiger partial charge >= 0.3 is 0 Å². The van der Waals surface area contributed by atoms with E-state index >= 15 is 0 Å². The Morgan fingerprint density at radius 1 is 1.43 bits per heavy atom. The molecular weight excluding hydrogens is 208 g/mol. The van der Waals surface area contributed by atoms with Crippen molar-refractivity contribution in [3.8, 4) is 0 Å². The average Bonchev–Trinajstić information content (AvgIpc) is 2.16. The van der Waals surface area contributed by atoms with Gasteiger partial charge in [-0.15, -0.1) is 0 Å². The van der Waals surface area contributed by atoms with E-state index in [1.165, 1.54) is 31.2 Å². The summed E-state index contributed by atoms with van der Waals surface area (Å²) in [6.45, 7) is 1.30. The summed E-state index contributed by atoms with van der Waals surface area (Å²) in [5.41, 5.74) is 0.368. The molecule has 0 aliphatic heterocycles. The van der Waals surface area contributed by atoms with Gasteiger partial charge in [0, 0.05) is 30.8 Å². The van der Waals surface area contributed by atoms with E-state index in [0.717, 1.165) is 4.42 Å². The summed E-state index contributed by atoms with van der Waals surface area (Å²) >= 11 is 5.59. The Bertz CT molecular complexity index is 363. The Labute approximate surface area is 85.2 Å². The normalized spacial score (nSPS) is 9.57. The number of benzene rings is 1. The predicted molar refractivity (Wildman–Crippen MR) is 52.1 cm³/mol.